The molecule has 3 atom stereocenters. The van der Waals surface area contributed by atoms with Gasteiger partial charge in [-0.05, 0) is 32.6 Å². The summed E-state index contributed by atoms with van der Waals surface area (Å²) in [6, 6.07) is 0.719. The fraction of sp³-hybridized carbons (Fsp3) is 0.929. The highest BCUT2D eigenvalue weighted by atomic mass is 16.2. The summed E-state index contributed by atoms with van der Waals surface area (Å²) in [7, 11) is 0. The van der Waals surface area contributed by atoms with Crippen molar-refractivity contribution in [2.24, 2.45) is 5.92 Å². The van der Waals surface area contributed by atoms with E-state index in [9.17, 15) is 4.79 Å². The molecule has 1 saturated carbocycles. The van der Waals surface area contributed by atoms with Crippen LogP contribution in [0.5, 0.6) is 0 Å². The zero-order valence-corrected chi connectivity index (χ0v) is 11.7. The predicted octanol–water partition coefficient (Wildman–Crippen LogP) is 1.02. The fourth-order valence-electron chi connectivity index (χ4n) is 3.04. The van der Waals surface area contributed by atoms with Crippen LogP contribution in [-0.2, 0) is 4.79 Å². The maximum absolute atomic E-state index is 12.1. The third kappa shape index (κ3) is 3.69. The number of carbonyl (C=O) groups excluding carboxylic acids is 1. The first-order valence-corrected chi connectivity index (χ1v) is 7.44. The van der Waals surface area contributed by atoms with Crippen molar-refractivity contribution in [3.8, 4) is 0 Å². The van der Waals surface area contributed by atoms with Gasteiger partial charge in [-0.1, -0.05) is 19.3 Å². The zero-order valence-electron chi connectivity index (χ0n) is 11.7. The summed E-state index contributed by atoms with van der Waals surface area (Å²) in [6.07, 6.45) is 6.56. The molecule has 0 aromatic carbocycles. The molecule has 1 saturated heterocycles. The summed E-state index contributed by atoms with van der Waals surface area (Å²) in [5.41, 5.74) is 0. The van der Waals surface area contributed by atoms with E-state index in [1.165, 1.54) is 32.1 Å². The Morgan fingerprint density at radius 3 is 2.50 bits per heavy atom. The van der Waals surface area contributed by atoms with Crippen LogP contribution < -0.4 is 16.0 Å². The molecule has 1 aliphatic carbocycles. The van der Waals surface area contributed by atoms with Crippen molar-refractivity contribution < 1.29 is 4.79 Å². The van der Waals surface area contributed by atoms with E-state index in [1.807, 2.05) is 0 Å². The lowest BCUT2D eigenvalue weighted by Gasteiger charge is -2.32. The van der Waals surface area contributed by atoms with E-state index < -0.39 is 0 Å². The van der Waals surface area contributed by atoms with Gasteiger partial charge >= 0.3 is 0 Å². The van der Waals surface area contributed by atoms with Gasteiger partial charge in [-0.15, -0.1) is 0 Å². The average molecular weight is 253 g/mol. The number of hydrogen-bond donors (Lipinski definition) is 3. The monoisotopic (exact) mass is 253 g/mol. The molecule has 4 heteroatoms. The Morgan fingerprint density at radius 1 is 1.17 bits per heavy atom. The lowest BCUT2D eigenvalue weighted by atomic mass is 9.84. The molecule has 3 N–H and O–H groups in total. The number of carbonyl (C=O) groups is 1. The molecule has 1 amide bonds. The second-order valence-electron chi connectivity index (χ2n) is 5.97. The highest BCUT2D eigenvalue weighted by molar-refractivity contribution is 5.82. The van der Waals surface area contributed by atoms with Crippen molar-refractivity contribution in [2.75, 3.05) is 13.1 Å². The minimum Gasteiger partial charge on any atom is -0.352 e. The standard InChI is InChI=1S/C14H27N3O/c1-10-8-16-13(9-15-10)14(18)17-11(2)12-6-4-3-5-7-12/h10-13,15-16H,3-9H2,1-2H3,(H,17,18). The Labute approximate surface area is 110 Å². The van der Waals surface area contributed by atoms with Gasteiger partial charge in [0.1, 0.15) is 0 Å². The van der Waals surface area contributed by atoms with Crippen LogP contribution in [0.25, 0.3) is 0 Å². The lowest BCUT2D eigenvalue weighted by Crippen LogP contribution is -2.60. The summed E-state index contributed by atoms with van der Waals surface area (Å²) in [5, 5.41) is 9.84. The smallest absolute Gasteiger partial charge is 0.238 e. The highest BCUT2D eigenvalue weighted by Crippen LogP contribution is 2.26. The first-order chi connectivity index (χ1) is 8.66. The summed E-state index contributed by atoms with van der Waals surface area (Å²) in [4.78, 5) is 12.1. The molecule has 0 radical (unpaired) electrons. The Bertz CT molecular complexity index is 268. The molecule has 2 rings (SSSR count). The number of hydrogen-bond acceptors (Lipinski definition) is 3. The van der Waals surface area contributed by atoms with Crippen molar-refractivity contribution in [1.29, 1.82) is 0 Å². The van der Waals surface area contributed by atoms with Crippen LogP contribution in [-0.4, -0.2) is 37.1 Å². The molecule has 104 valence electrons. The van der Waals surface area contributed by atoms with E-state index in [0.29, 0.717) is 18.0 Å². The molecule has 18 heavy (non-hydrogen) atoms. The van der Waals surface area contributed by atoms with Gasteiger partial charge in [0, 0.05) is 25.2 Å². The maximum atomic E-state index is 12.1. The van der Waals surface area contributed by atoms with Gasteiger partial charge in [-0.25, -0.2) is 0 Å². The van der Waals surface area contributed by atoms with Gasteiger partial charge in [0.05, 0.1) is 6.04 Å². The van der Waals surface area contributed by atoms with E-state index in [4.69, 9.17) is 0 Å². The van der Waals surface area contributed by atoms with Crippen molar-refractivity contribution >= 4 is 5.91 Å². The summed E-state index contributed by atoms with van der Waals surface area (Å²) >= 11 is 0. The topological polar surface area (TPSA) is 53.2 Å². The normalized spacial score (nSPS) is 31.9. The van der Waals surface area contributed by atoms with Gasteiger partial charge in [0.25, 0.3) is 0 Å². The summed E-state index contributed by atoms with van der Waals surface area (Å²) in [6.45, 7) is 5.90. The van der Waals surface area contributed by atoms with Gasteiger partial charge < -0.3 is 16.0 Å². The number of nitrogens with one attached hydrogen (secondary N) is 3. The van der Waals surface area contributed by atoms with Crippen molar-refractivity contribution in [3.63, 3.8) is 0 Å². The minimum absolute atomic E-state index is 0.0627. The summed E-state index contributed by atoms with van der Waals surface area (Å²) in [5.74, 6) is 0.839. The minimum atomic E-state index is -0.0627. The molecule has 4 nitrogen and oxygen atoms in total. The molecular formula is C14H27N3O. The molecular weight excluding hydrogens is 226 g/mol. The van der Waals surface area contributed by atoms with Crippen LogP contribution in [0.4, 0.5) is 0 Å². The molecule has 0 spiro atoms. The van der Waals surface area contributed by atoms with Crippen LogP contribution >= 0.6 is 0 Å². The number of piperazine rings is 1. The molecule has 0 bridgehead atoms. The van der Waals surface area contributed by atoms with Crippen LogP contribution in [0.2, 0.25) is 0 Å². The van der Waals surface area contributed by atoms with Gasteiger partial charge in [0.2, 0.25) is 5.91 Å². The van der Waals surface area contributed by atoms with Crippen LogP contribution in [0, 0.1) is 5.92 Å². The van der Waals surface area contributed by atoms with Crippen molar-refractivity contribution in [2.45, 2.75) is 64.1 Å². The SMILES string of the molecule is CC1CNC(C(=O)NC(C)C2CCCCC2)CN1. The van der Waals surface area contributed by atoms with Gasteiger partial charge in [0.15, 0.2) is 0 Å². The second kappa shape index (κ2) is 6.53. The fourth-order valence-corrected chi connectivity index (χ4v) is 3.04. The van der Waals surface area contributed by atoms with E-state index in [0.717, 1.165) is 13.1 Å². The van der Waals surface area contributed by atoms with Crippen LogP contribution in [0.1, 0.15) is 46.0 Å². The molecule has 3 unspecified atom stereocenters. The predicted molar refractivity (Wildman–Crippen MR) is 73.4 cm³/mol. The molecule has 0 aromatic rings. The zero-order chi connectivity index (χ0) is 13.0. The number of amides is 1. The van der Waals surface area contributed by atoms with Crippen molar-refractivity contribution in [1.82, 2.24) is 16.0 Å². The van der Waals surface area contributed by atoms with Crippen LogP contribution in [0.15, 0.2) is 0 Å². The maximum Gasteiger partial charge on any atom is 0.238 e. The molecule has 1 heterocycles. The largest absolute Gasteiger partial charge is 0.352 e. The number of rotatable bonds is 3. The Kier molecular flexibility index (Phi) is 5.01. The van der Waals surface area contributed by atoms with E-state index in [-0.39, 0.29) is 11.9 Å². The molecule has 0 aromatic heterocycles. The summed E-state index contributed by atoms with van der Waals surface area (Å²) < 4.78 is 0. The first-order valence-electron chi connectivity index (χ1n) is 7.44. The first kappa shape index (κ1) is 13.8. The molecule has 2 fully saturated rings. The van der Waals surface area contributed by atoms with Crippen molar-refractivity contribution in [3.05, 3.63) is 0 Å². The third-order valence-corrected chi connectivity index (χ3v) is 4.38. The quantitative estimate of drug-likeness (QED) is 0.704. The van der Waals surface area contributed by atoms with E-state index in [1.54, 1.807) is 0 Å². The van der Waals surface area contributed by atoms with E-state index >= 15 is 0 Å². The lowest BCUT2D eigenvalue weighted by molar-refractivity contribution is -0.124. The molecule has 2 aliphatic rings. The van der Waals surface area contributed by atoms with Gasteiger partial charge in [-0.2, -0.15) is 0 Å². The van der Waals surface area contributed by atoms with E-state index in [2.05, 4.69) is 29.8 Å². The Hall–Kier alpha value is -0.610. The van der Waals surface area contributed by atoms with Gasteiger partial charge in [-0.3, -0.25) is 4.79 Å². The Balaban J connectivity index is 1.75. The second-order valence-corrected chi connectivity index (χ2v) is 5.97. The average Bonchev–Trinajstić information content (AvgIpc) is 2.40. The highest BCUT2D eigenvalue weighted by Gasteiger charge is 2.27. The Morgan fingerprint density at radius 2 is 1.89 bits per heavy atom. The molecule has 1 aliphatic heterocycles. The van der Waals surface area contributed by atoms with Crippen LogP contribution in [0.3, 0.4) is 0 Å². The third-order valence-electron chi connectivity index (χ3n) is 4.38.